The van der Waals surface area contributed by atoms with E-state index in [0.717, 1.165) is 0 Å². The molecule has 6 heteroatoms. The molecule has 2 aromatic carbocycles. The second-order valence-electron chi connectivity index (χ2n) is 4.19. The molecule has 2 N–H and O–H groups in total. The number of hydrogen-bond acceptors (Lipinski definition) is 3. The molecule has 0 aliphatic rings. The molecule has 0 amide bonds. The fraction of sp³-hybridized carbons (Fsp3) is 0. The molecule has 0 aliphatic carbocycles. The van der Waals surface area contributed by atoms with Gasteiger partial charge >= 0.3 is 0 Å². The minimum absolute atomic E-state index is 0.209. The summed E-state index contributed by atoms with van der Waals surface area (Å²) in [6.07, 6.45) is 0. The summed E-state index contributed by atoms with van der Waals surface area (Å²) in [5.41, 5.74) is 8.02. The smallest absolute Gasteiger partial charge is 0.205 e. The molecule has 0 atom stereocenters. The van der Waals surface area contributed by atoms with Crippen molar-refractivity contribution in [1.29, 1.82) is 5.26 Å². The number of anilines is 1. The Bertz CT molecular complexity index is 863. The molecule has 0 bridgehead atoms. The van der Waals surface area contributed by atoms with Crippen LogP contribution in [-0.4, -0.2) is 9.55 Å². The number of benzene rings is 2. The van der Waals surface area contributed by atoms with Crippen molar-refractivity contribution in [2.45, 2.75) is 0 Å². The molecule has 0 fully saturated rings. The van der Waals surface area contributed by atoms with E-state index < -0.39 is 5.82 Å². The summed E-state index contributed by atoms with van der Waals surface area (Å²) in [7, 11) is 0. The van der Waals surface area contributed by atoms with Gasteiger partial charge in [-0.15, -0.1) is 0 Å². The van der Waals surface area contributed by atoms with Crippen molar-refractivity contribution in [2.24, 2.45) is 0 Å². The number of nitrogen functional groups attached to an aromatic ring is 1. The number of rotatable bonds is 1. The lowest BCUT2D eigenvalue weighted by Crippen LogP contribution is -2.02. The molecule has 98 valence electrons. The number of aromatic nitrogens is 2. The second-order valence-corrected chi connectivity index (χ2v) is 5.04. The van der Waals surface area contributed by atoms with Crippen molar-refractivity contribution in [2.75, 3.05) is 5.73 Å². The van der Waals surface area contributed by atoms with E-state index in [9.17, 15) is 9.65 Å². The van der Waals surface area contributed by atoms with Crippen molar-refractivity contribution in [3.63, 3.8) is 0 Å². The van der Waals surface area contributed by atoms with Crippen LogP contribution in [0, 0.1) is 17.1 Å². The Morgan fingerprint density at radius 3 is 2.80 bits per heavy atom. The third-order valence-corrected chi connectivity index (χ3v) is 3.60. The molecule has 1 heterocycles. The third kappa shape index (κ3) is 1.84. The summed E-state index contributed by atoms with van der Waals surface area (Å²) in [5.74, 6) is -0.201. The standard InChI is InChI=1S/C14H8BrFN4/c15-9-5-11-13(6-10(9)16)20(14(18)19-11)12-4-2-1-3-8(12)7-17/h1-6H,(H2,18,19). The SMILES string of the molecule is N#Cc1ccccc1-n1c(N)nc2cc(Br)c(F)cc21. The number of halogens is 2. The fourth-order valence-electron chi connectivity index (χ4n) is 2.11. The number of hydrogen-bond donors (Lipinski definition) is 1. The Labute approximate surface area is 122 Å². The van der Waals surface area contributed by atoms with E-state index in [0.29, 0.717) is 26.8 Å². The van der Waals surface area contributed by atoms with E-state index in [1.165, 1.54) is 6.07 Å². The summed E-state index contributed by atoms with van der Waals surface area (Å²) >= 11 is 3.12. The van der Waals surface area contributed by atoms with Crippen LogP contribution in [0.2, 0.25) is 0 Å². The first kappa shape index (κ1) is 12.6. The van der Waals surface area contributed by atoms with Crippen LogP contribution in [-0.2, 0) is 0 Å². The predicted octanol–water partition coefficient (Wildman–Crippen LogP) is 3.38. The van der Waals surface area contributed by atoms with Gasteiger partial charge in [0.2, 0.25) is 5.95 Å². The summed E-state index contributed by atoms with van der Waals surface area (Å²) < 4.78 is 15.6. The Morgan fingerprint density at radius 2 is 2.05 bits per heavy atom. The topological polar surface area (TPSA) is 67.6 Å². The first-order valence-corrected chi connectivity index (χ1v) is 6.53. The van der Waals surface area contributed by atoms with Crippen molar-refractivity contribution in [3.05, 3.63) is 52.3 Å². The Kier molecular flexibility index (Phi) is 2.92. The zero-order chi connectivity index (χ0) is 14.3. The monoisotopic (exact) mass is 330 g/mol. The van der Waals surface area contributed by atoms with Crippen LogP contribution in [0.5, 0.6) is 0 Å². The summed E-state index contributed by atoms with van der Waals surface area (Å²) in [5, 5.41) is 9.17. The first-order chi connectivity index (χ1) is 9.61. The maximum Gasteiger partial charge on any atom is 0.205 e. The average Bonchev–Trinajstić information content (AvgIpc) is 2.74. The zero-order valence-electron chi connectivity index (χ0n) is 10.1. The highest BCUT2D eigenvalue weighted by molar-refractivity contribution is 9.10. The first-order valence-electron chi connectivity index (χ1n) is 5.74. The number of fused-ring (bicyclic) bond motifs is 1. The van der Waals surface area contributed by atoms with Crippen LogP contribution in [0.15, 0.2) is 40.9 Å². The molecule has 3 rings (SSSR count). The molecule has 0 aliphatic heterocycles. The van der Waals surface area contributed by atoms with Gasteiger partial charge in [0.05, 0.1) is 26.8 Å². The highest BCUT2D eigenvalue weighted by Gasteiger charge is 2.15. The molecule has 4 nitrogen and oxygen atoms in total. The highest BCUT2D eigenvalue weighted by Crippen LogP contribution is 2.28. The molecule has 0 unspecified atom stereocenters. The number of para-hydroxylation sites is 1. The van der Waals surface area contributed by atoms with Crippen LogP contribution < -0.4 is 5.73 Å². The lowest BCUT2D eigenvalue weighted by Gasteiger charge is -2.08. The maximum absolute atomic E-state index is 13.7. The van der Waals surface area contributed by atoms with Gasteiger partial charge < -0.3 is 5.73 Å². The van der Waals surface area contributed by atoms with Crippen molar-refractivity contribution < 1.29 is 4.39 Å². The van der Waals surface area contributed by atoms with Crippen LogP contribution >= 0.6 is 15.9 Å². The summed E-state index contributed by atoms with van der Waals surface area (Å²) in [6, 6.07) is 12.0. The second kappa shape index (κ2) is 4.62. The van der Waals surface area contributed by atoms with Crippen molar-refractivity contribution in [1.82, 2.24) is 9.55 Å². The van der Waals surface area contributed by atoms with Crippen molar-refractivity contribution in [3.8, 4) is 11.8 Å². The van der Waals surface area contributed by atoms with Crippen LogP contribution in [0.1, 0.15) is 5.56 Å². The highest BCUT2D eigenvalue weighted by atomic mass is 79.9. The quantitative estimate of drug-likeness (QED) is 0.743. The zero-order valence-corrected chi connectivity index (χ0v) is 11.7. The Balaban J connectivity index is 2.40. The Morgan fingerprint density at radius 1 is 1.30 bits per heavy atom. The van der Waals surface area contributed by atoms with Gasteiger partial charge in [0, 0.05) is 6.07 Å². The van der Waals surface area contributed by atoms with Gasteiger partial charge in [-0.1, -0.05) is 12.1 Å². The number of nitriles is 1. The van der Waals surface area contributed by atoms with Gasteiger partial charge in [0.25, 0.3) is 0 Å². The average molecular weight is 331 g/mol. The van der Waals surface area contributed by atoms with E-state index in [1.807, 2.05) is 0 Å². The molecular weight excluding hydrogens is 323 g/mol. The molecule has 0 radical (unpaired) electrons. The predicted molar refractivity (Wildman–Crippen MR) is 77.9 cm³/mol. The number of imidazole rings is 1. The van der Waals surface area contributed by atoms with Gasteiger partial charge in [-0.05, 0) is 34.1 Å². The van der Waals surface area contributed by atoms with Crippen LogP contribution in [0.25, 0.3) is 16.7 Å². The molecule has 1 aromatic heterocycles. The molecule has 3 aromatic rings. The van der Waals surface area contributed by atoms with Crippen LogP contribution in [0.4, 0.5) is 10.3 Å². The van der Waals surface area contributed by atoms with E-state index in [-0.39, 0.29) is 5.95 Å². The van der Waals surface area contributed by atoms with Gasteiger partial charge in [0.1, 0.15) is 11.9 Å². The number of nitrogens with zero attached hydrogens (tertiary/aromatic N) is 3. The van der Waals surface area contributed by atoms with Gasteiger partial charge in [-0.2, -0.15) is 5.26 Å². The molecular formula is C14H8BrFN4. The fourth-order valence-corrected chi connectivity index (χ4v) is 2.44. The Hall–Kier alpha value is -2.39. The minimum atomic E-state index is -0.409. The van der Waals surface area contributed by atoms with E-state index >= 15 is 0 Å². The largest absolute Gasteiger partial charge is 0.369 e. The maximum atomic E-state index is 13.7. The van der Waals surface area contributed by atoms with E-state index in [1.54, 1.807) is 34.9 Å². The summed E-state index contributed by atoms with van der Waals surface area (Å²) in [6.45, 7) is 0. The molecule has 20 heavy (non-hydrogen) atoms. The van der Waals surface area contributed by atoms with Gasteiger partial charge in [-0.3, -0.25) is 4.57 Å². The van der Waals surface area contributed by atoms with E-state index in [4.69, 9.17) is 5.73 Å². The molecule has 0 saturated carbocycles. The van der Waals surface area contributed by atoms with Crippen molar-refractivity contribution >= 4 is 32.9 Å². The minimum Gasteiger partial charge on any atom is -0.369 e. The van der Waals surface area contributed by atoms with Gasteiger partial charge in [-0.25, -0.2) is 9.37 Å². The normalized spacial score (nSPS) is 10.7. The summed E-state index contributed by atoms with van der Waals surface area (Å²) in [4.78, 5) is 4.20. The van der Waals surface area contributed by atoms with Crippen LogP contribution in [0.3, 0.4) is 0 Å². The lowest BCUT2D eigenvalue weighted by atomic mass is 10.2. The molecule has 0 saturated heterocycles. The lowest BCUT2D eigenvalue weighted by molar-refractivity contribution is 0.622. The van der Waals surface area contributed by atoms with Gasteiger partial charge in [0.15, 0.2) is 0 Å². The van der Waals surface area contributed by atoms with E-state index in [2.05, 4.69) is 27.0 Å². The third-order valence-electron chi connectivity index (χ3n) is 2.99. The number of nitrogens with two attached hydrogens (primary N) is 1. The molecule has 0 spiro atoms.